The zero-order valence-corrected chi connectivity index (χ0v) is 5.79. The third-order valence-corrected chi connectivity index (χ3v) is 0. The number of hydrogen-bond acceptors (Lipinski definition) is 2. The van der Waals surface area contributed by atoms with Crippen molar-refractivity contribution >= 4 is 29.3 Å². The lowest BCUT2D eigenvalue weighted by Crippen LogP contribution is -1.56. The Morgan fingerprint density at radius 3 is 1.60 bits per heavy atom. The van der Waals surface area contributed by atoms with E-state index < -0.39 is 5.24 Å². The molecule has 0 nitrogen and oxygen atoms in total. The van der Waals surface area contributed by atoms with Crippen LogP contribution in [0.5, 0.6) is 0 Å². The predicted molar refractivity (Wildman–Crippen MR) is 33.5 cm³/mol. The maximum Gasteiger partial charge on any atom is -0.0559 e. The van der Waals surface area contributed by atoms with Crippen molar-refractivity contribution in [3.63, 3.8) is 0 Å². The van der Waals surface area contributed by atoms with Gasteiger partial charge in [0.05, 0.1) is 0 Å². The molecule has 3 heteroatoms. The van der Waals surface area contributed by atoms with E-state index in [4.69, 9.17) is 24.1 Å². The summed E-state index contributed by atoms with van der Waals surface area (Å²) in [5.74, 6) is 0. The van der Waals surface area contributed by atoms with Crippen LogP contribution in [0.4, 0.5) is 0 Å². The van der Waals surface area contributed by atoms with E-state index in [-0.39, 0.29) is 0 Å². The van der Waals surface area contributed by atoms with E-state index in [9.17, 15) is 0 Å². The summed E-state index contributed by atoms with van der Waals surface area (Å²) >= 11 is 9.50. The monoisotopic (exact) mass is 125 g/mol. The molecule has 0 heterocycles. The van der Waals surface area contributed by atoms with Gasteiger partial charge in [-0.25, -0.2) is 0 Å². The molecule has 0 atom stereocenters. The van der Waals surface area contributed by atoms with Gasteiger partial charge in [-0.2, -0.15) is 5.24 Å². The lowest BCUT2D eigenvalue weighted by atomic mass is 11.9. The molecule has 0 amide bonds. The summed E-state index contributed by atoms with van der Waals surface area (Å²) in [7, 11) is 0. The van der Waals surface area contributed by atoms with Crippen LogP contribution in [-0.4, -0.2) is 13.3 Å². The van der Waals surface area contributed by atoms with Crippen LogP contribution in [0.25, 0.3) is 0 Å². The lowest BCUT2D eigenvalue weighted by Gasteiger charge is -2.12. The fourth-order valence-electron chi connectivity index (χ4n) is 0. The molecule has 0 unspecified atom stereocenters. The predicted octanol–water partition coefficient (Wildman–Crippen LogP) is 1.19. The van der Waals surface area contributed by atoms with Gasteiger partial charge in [-0.15, -0.1) is 11.8 Å². The maximum absolute atomic E-state index is 4.75. The Balaban J connectivity index is 3.47. The molecule has 0 radical (unpaired) electrons. The Labute approximate surface area is 43.1 Å². The fourth-order valence-corrected chi connectivity index (χ4v) is 0. The van der Waals surface area contributed by atoms with Crippen LogP contribution in [-0.2, 0) is 24.1 Å². The molecular weight excluding hydrogens is 119 g/mol. The molecule has 0 fully saturated rings. The zero-order valence-electron chi connectivity index (χ0n) is 3.26. The van der Waals surface area contributed by atoms with Crippen molar-refractivity contribution in [2.24, 2.45) is 0 Å². The minimum Gasteiger partial charge on any atom is -0.747 e. The van der Waals surface area contributed by atoms with Gasteiger partial charge in [0.15, 0.2) is 0 Å². The second-order valence-electron chi connectivity index (χ2n) is 1.25. The fraction of sp³-hybridized carbons (Fsp3) is 1.00. The van der Waals surface area contributed by atoms with Gasteiger partial charge >= 0.3 is 0 Å². The molecule has 0 aromatic rings. The van der Waals surface area contributed by atoms with Gasteiger partial charge in [0.2, 0.25) is 0 Å². The smallest absolute Gasteiger partial charge is 0.0559 e. The summed E-state index contributed by atoms with van der Waals surface area (Å²) < 4.78 is 0. The molecule has 0 N–H and O–H groups in total. The molecule has 0 aliphatic heterocycles. The highest BCUT2D eigenvalue weighted by Crippen LogP contribution is 2.31. The standard InChI is InChI=1S/C2H7PS2/c1-3(2,4)5/h1-2H3,(H,4,5)/p-1. The molecule has 0 aliphatic carbocycles. The Bertz CT molecular complexity index is 53.8. The van der Waals surface area contributed by atoms with Crippen molar-refractivity contribution in [1.29, 1.82) is 0 Å². The van der Waals surface area contributed by atoms with E-state index in [0.29, 0.717) is 0 Å². The van der Waals surface area contributed by atoms with E-state index in [2.05, 4.69) is 0 Å². The highest BCUT2D eigenvalue weighted by molar-refractivity contribution is 8.54. The first-order valence-electron chi connectivity index (χ1n) is 1.26. The normalized spacial score (nSPS) is 11.8. The van der Waals surface area contributed by atoms with Crippen LogP contribution >= 0.6 is 5.24 Å². The zero-order chi connectivity index (χ0) is 4.50. The van der Waals surface area contributed by atoms with Gasteiger partial charge < -0.3 is 12.2 Å². The summed E-state index contributed by atoms with van der Waals surface area (Å²) in [5, 5.41) is -1.22. The average Bonchev–Trinajstić information content (AvgIpc) is 0.722. The minimum atomic E-state index is -1.22. The third kappa shape index (κ3) is 45.0. The molecule has 0 aliphatic rings. The van der Waals surface area contributed by atoms with Gasteiger partial charge in [-0.3, -0.25) is 0 Å². The van der Waals surface area contributed by atoms with Gasteiger partial charge in [0.25, 0.3) is 0 Å². The van der Waals surface area contributed by atoms with Gasteiger partial charge in [-0.1, -0.05) is 13.3 Å². The highest BCUT2D eigenvalue weighted by atomic mass is 32.9. The van der Waals surface area contributed by atoms with Crippen LogP contribution in [0, 0.1) is 0 Å². The van der Waals surface area contributed by atoms with Crippen LogP contribution in [0.15, 0.2) is 0 Å². The third-order valence-electron chi connectivity index (χ3n) is 0. The summed E-state index contributed by atoms with van der Waals surface area (Å²) in [6.45, 7) is 3.86. The van der Waals surface area contributed by atoms with Gasteiger partial charge in [0.1, 0.15) is 0 Å². The number of hydrogen-bond donors (Lipinski definition) is 0. The van der Waals surface area contributed by atoms with E-state index >= 15 is 0 Å². The SMILES string of the molecule is CP(C)(=S)[S-]. The van der Waals surface area contributed by atoms with E-state index in [1.807, 2.05) is 13.3 Å². The van der Waals surface area contributed by atoms with Crippen molar-refractivity contribution in [1.82, 2.24) is 0 Å². The molecule has 0 rings (SSSR count). The molecule has 0 spiro atoms. The topological polar surface area (TPSA) is 0 Å². The van der Waals surface area contributed by atoms with Gasteiger partial charge in [-0.05, 0) is 0 Å². The summed E-state index contributed by atoms with van der Waals surface area (Å²) in [4.78, 5) is 0. The van der Waals surface area contributed by atoms with E-state index in [1.165, 1.54) is 0 Å². The molecule has 5 heavy (non-hydrogen) atoms. The molecule has 0 saturated carbocycles. The quantitative estimate of drug-likeness (QED) is 0.352. The van der Waals surface area contributed by atoms with Crippen molar-refractivity contribution in [2.45, 2.75) is 0 Å². The Morgan fingerprint density at radius 1 is 1.60 bits per heavy atom. The molecule has 32 valence electrons. The summed E-state index contributed by atoms with van der Waals surface area (Å²) in [6.07, 6.45) is 0. The van der Waals surface area contributed by atoms with Crippen molar-refractivity contribution < 1.29 is 0 Å². The van der Waals surface area contributed by atoms with E-state index in [0.717, 1.165) is 0 Å². The molecule has 0 aromatic carbocycles. The first-order chi connectivity index (χ1) is 2.00. The molecular formula is C2H6PS2-. The van der Waals surface area contributed by atoms with Crippen molar-refractivity contribution in [3.05, 3.63) is 0 Å². The van der Waals surface area contributed by atoms with Crippen molar-refractivity contribution in [2.75, 3.05) is 13.3 Å². The Morgan fingerprint density at radius 2 is 1.60 bits per heavy atom. The highest BCUT2D eigenvalue weighted by Gasteiger charge is 1.67. The van der Waals surface area contributed by atoms with E-state index in [1.54, 1.807) is 0 Å². The Kier molecular flexibility index (Phi) is 1.96. The molecule has 0 aromatic heterocycles. The Hall–Kier alpha value is 1.00. The van der Waals surface area contributed by atoms with Crippen LogP contribution in [0.2, 0.25) is 0 Å². The first kappa shape index (κ1) is 6.00. The van der Waals surface area contributed by atoms with Crippen LogP contribution < -0.4 is 0 Å². The number of rotatable bonds is 0. The largest absolute Gasteiger partial charge is 0.747 e. The second-order valence-corrected chi connectivity index (χ2v) is 9.93. The summed E-state index contributed by atoms with van der Waals surface area (Å²) in [5.41, 5.74) is 0. The average molecular weight is 125 g/mol. The maximum atomic E-state index is 4.75. The first-order valence-corrected chi connectivity index (χ1v) is 5.97. The van der Waals surface area contributed by atoms with Crippen molar-refractivity contribution in [3.8, 4) is 0 Å². The molecule has 0 saturated heterocycles. The summed E-state index contributed by atoms with van der Waals surface area (Å²) in [6, 6.07) is 0. The van der Waals surface area contributed by atoms with Crippen LogP contribution in [0.1, 0.15) is 0 Å². The molecule has 0 bridgehead atoms. The van der Waals surface area contributed by atoms with Gasteiger partial charge in [0, 0.05) is 0 Å². The minimum absolute atomic E-state index is 1.22. The lowest BCUT2D eigenvalue weighted by molar-refractivity contribution is 2.29. The van der Waals surface area contributed by atoms with Crippen LogP contribution in [0.3, 0.4) is 0 Å². The second kappa shape index (κ2) is 1.63.